The largest absolute Gasteiger partial charge is 0.493 e. The Morgan fingerprint density at radius 1 is 1.19 bits per heavy atom. The average molecular weight is 439 g/mol. The molecule has 1 amide bonds. The van der Waals surface area contributed by atoms with Gasteiger partial charge in [-0.05, 0) is 25.5 Å². The summed E-state index contributed by atoms with van der Waals surface area (Å²) in [6.45, 7) is 4.33. The van der Waals surface area contributed by atoms with Crippen LogP contribution < -0.4 is 14.4 Å². The lowest BCUT2D eigenvalue weighted by atomic mass is 10.1. The van der Waals surface area contributed by atoms with Crippen molar-refractivity contribution in [2.24, 2.45) is 0 Å². The number of methoxy groups -OCH3 is 1. The third-order valence-corrected chi connectivity index (χ3v) is 5.47. The molecule has 10 nitrogen and oxygen atoms in total. The van der Waals surface area contributed by atoms with Gasteiger partial charge in [0.05, 0.1) is 35.7 Å². The highest BCUT2D eigenvalue weighted by molar-refractivity contribution is 5.99. The minimum Gasteiger partial charge on any atom is -0.493 e. The second kappa shape index (κ2) is 9.13. The fourth-order valence-corrected chi connectivity index (χ4v) is 3.89. The maximum atomic E-state index is 13.3. The van der Waals surface area contributed by atoms with E-state index in [0.717, 1.165) is 23.5 Å². The lowest BCUT2D eigenvalue weighted by Crippen LogP contribution is -2.35. The molecule has 0 spiro atoms. The van der Waals surface area contributed by atoms with E-state index >= 15 is 0 Å². The number of fused-ring (bicyclic) bond motifs is 1. The smallest absolute Gasteiger partial charge is 0.286 e. The van der Waals surface area contributed by atoms with Gasteiger partial charge in [0.2, 0.25) is 5.95 Å². The van der Waals surface area contributed by atoms with Crippen molar-refractivity contribution in [3.8, 4) is 11.5 Å². The molecule has 2 heterocycles. The molecule has 4 rings (SSSR count). The third kappa shape index (κ3) is 4.16. The monoisotopic (exact) mass is 439 g/mol. The topological polar surface area (TPSA) is 114 Å². The number of benzene rings is 2. The molecule has 0 bridgehead atoms. The van der Waals surface area contributed by atoms with E-state index in [4.69, 9.17) is 9.47 Å². The van der Waals surface area contributed by atoms with Crippen molar-refractivity contribution >= 4 is 28.6 Å². The zero-order chi connectivity index (χ0) is 22.7. The van der Waals surface area contributed by atoms with Gasteiger partial charge in [-0.2, -0.15) is 0 Å². The zero-order valence-electron chi connectivity index (χ0n) is 18.0. The van der Waals surface area contributed by atoms with E-state index in [2.05, 4.69) is 14.9 Å². The number of H-pyrrole nitrogens is 1. The molecule has 1 aliphatic heterocycles. The number of amides is 1. The highest BCUT2D eigenvalue weighted by Crippen LogP contribution is 2.35. The van der Waals surface area contributed by atoms with E-state index in [0.29, 0.717) is 38.4 Å². The van der Waals surface area contributed by atoms with Crippen LogP contribution in [-0.4, -0.2) is 65.6 Å². The van der Waals surface area contributed by atoms with Gasteiger partial charge in [-0.3, -0.25) is 14.9 Å². The van der Waals surface area contributed by atoms with Crippen LogP contribution in [0.5, 0.6) is 11.5 Å². The quantitative estimate of drug-likeness (QED) is 0.463. The lowest BCUT2D eigenvalue weighted by molar-refractivity contribution is -0.385. The molecule has 1 saturated heterocycles. The van der Waals surface area contributed by atoms with E-state index in [1.165, 1.54) is 19.2 Å². The fraction of sp³-hybridized carbons (Fsp3) is 0.364. The number of hydrogen-bond donors (Lipinski definition) is 1. The predicted molar refractivity (Wildman–Crippen MR) is 120 cm³/mol. The Kier molecular flexibility index (Phi) is 6.11. The zero-order valence-corrected chi connectivity index (χ0v) is 18.0. The van der Waals surface area contributed by atoms with Gasteiger partial charge < -0.3 is 24.3 Å². The first-order chi connectivity index (χ1) is 15.5. The van der Waals surface area contributed by atoms with Crippen LogP contribution in [-0.2, 0) is 0 Å². The Balaban J connectivity index is 1.57. The molecule has 1 N–H and O–H groups in total. The second-order valence-corrected chi connectivity index (χ2v) is 7.42. The molecule has 0 atom stereocenters. The van der Waals surface area contributed by atoms with Gasteiger partial charge in [0.25, 0.3) is 11.6 Å². The van der Waals surface area contributed by atoms with E-state index < -0.39 is 10.8 Å². The molecule has 1 fully saturated rings. The van der Waals surface area contributed by atoms with Crippen LogP contribution in [0.15, 0.2) is 36.4 Å². The number of ether oxygens (including phenoxy) is 2. The summed E-state index contributed by atoms with van der Waals surface area (Å²) in [4.78, 5) is 36.1. The van der Waals surface area contributed by atoms with Crippen molar-refractivity contribution in [2.75, 3.05) is 44.8 Å². The predicted octanol–water partition coefficient (Wildman–Crippen LogP) is 3.23. The summed E-state index contributed by atoms with van der Waals surface area (Å²) >= 11 is 0. The Labute approximate surface area is 184 Å². The van der Waals surface area contributed by atoms with Gasteiger partial charge in [0.1, 0.15) is 5.56 Å². The maximum absolute atomic E-state index is 13.3. The fourth-order valence-electron chi connectivity index (χ4n) is 3.89. The Bertz CT molecular complexity index is 1110. The molecule has 0 aliphatic carbocycles. The van der Waals surface area contributed by atoms with Crippen LogP contribution >= 0.6 is 0 Å². The number of aromatic nitrogens is 2. The standard InChI is InChI=1S/C22H25N5O5/c1-3-32-20-13-15(18(27(29)30)14-19(20)31-2)21(28)25-9-6-10-26(12-11-25)22-23-16-7-4-5-8-17(16)24-22/h4-5,7-8,13-14H,3,6,9-12H2,1-2H3,(H,23,24). The average Bonchev–Trinajstić information content (AvgIpc) is 3.07. The number of anilines is 1. The highest BCUT2D eigenvalue weighted by atomic mass is 16.6. The molecular formula is C22H25N5O5. The molecule has 168 valence electrons. The summed E-state index contributed by atoms with van der Waals surface area (Å²) in [7, 11) is 1.41. The molecule has 1 aromatic heterocycles. The summed E-state index contributed by atoms with van der Waals surface area (Å²) in [5.41, 5.74) is 1.54. The van der Waals surface area contributed by atoms with Crippen LogP contribution in [0.3, 0.4) is 0 Å². The van der Waals surface area contributed by atoms with Crippen molar-refractivity contribution in [2.45, 2.75) is 13.3 Å². The van der Waals surface area contributed by atoms with Crippen LogP contribution in [0.1, 0.15) is 23.7 Å². The first-order valence-corrected chi connectivity index (χ1v) is 10.5. The number of nitro groups is 1. The number of nitro benzene ring substituents is 1. The normalized spacial score (nSPS) is 14.3. The minimum absolute atomic E-state index is 0.00330. The number of carbonyl (C=O) groups is 1. The molecule has 10 heteroatoms. The first-order valence-electron chi connectivity index (χ1n) is 10.5. The summed E-state index contributed by atoms with van der Waals surface area (Å²) in [6, 6.07) is 10.5. The molecule has 0 unspecified atom stereocenters. The number of carbonyl (C=O) groups excluding carboxylic acids is 1. The molecule has 3 aromatic rings. The Morgan fingerprint density at radius 3 is 2.72 bits per heavy atom. The van der Waals surface area contributed by atoms with E-state index in [9.17, 15) is 14.9 Å². The van der Waals surface area contributed by atoms with Gasteiger partial charge in [0.15, 0.2) is 11.5 Å². The number of hydrogen-bond acceptors (Lipinski definition) is 7. The third-order valence-electron chi connectivity index (χ3n) is 5.47. The minimum atomic E-state index is -0.565. The molecule has 0 radical (unpaired) electrons. The number of para-hydroxylation sites is 2. The lowest BCUT2D eigenvalue weighted by Gasteiger charge is -2.22. The van der Waals surface area contributed by atoms with Crippen molar-refractivity contribution in [1.82, 2.24) is 14.9 Å². The Morgan fingerprint density at radius 2 is 2.00 bits per heavy atom. The van der Waals surface area contributed by atoms with Crippen LogP contribution in [0.2, 0.25) is 0 Å². The van der Waals surface area contributed by atoms with Crippen molar-refractivity contribution in [3.05, 3.63) is 52.1 Å². The number of imidazole rings is 1. The molecular weight excluding hydrogens is 414 g/mol. The van der Waals surface area contributed by atoms with Crippen LogP contribution in [0, 0.1) is 10.1 Å². The van der Waals surface area contributed by atoms with Gasteiger partial charge >= 0.3 is 0 Å². The van der Waals surface area contributed by atoms with Gasteiger partial charge in [-0.1, -0.05) is 12.1 Å². The summed E-state index contributed by atoms with van der Waals surface area (Å²) in [5.74, 6) is 0.894. The van der Waals surface area contributed by atoms with E-state index in [-0.39, 0.29) is 17.0 Å². The van der Waals surface area contributed by atoms with Crippen molar-refractivity contribution in [3.63, 3.8) is 0 Å². The number of aromatic amines is 1. The van der Waals surface area contributed by atoms with Crippen molar-refractivity contribution < 1.29 is 19.2 Å². The number of nitrogens with one attached hydrogen (secondary N) is 1. The first kappa shape index (κ1) is 21.4. The molecule has 0 saturated carbocycles. The maximum Gasteiger partial charge on any atom is 0.286 e. The SMILES string of the molecule is CCOc1cc(C(=O)N2CCCN(c3nc4ccccc4[nH]3)CC2)c([N+](=O)[O-])cc1OC. The number of nitrogens with zero attached hydrogens (tertiary/aromatic N) is 4. The van der Waals surface area contributed by atoms with Crippen LogP contribution in [0.4, 0.5) is 11.6 Å². The molecule has 2 aromatic carbocycles. The van der Waals surface area contributed by atoms with Crippen molar-refractivity contribution in [1.29, 1.82) is 0 Å². The van der Waals surface area contributed by atoms with E-state index in [1.54, 1.807) is 11.8 Å². The molecule has 1 aliphatic rings. The summed E-state index contributed by atoms with van der Waals surface area (Å²) < 4.78 is 10.7. The van der Waals surface area contributed by atoms with Gasteiger partial charge in [-0.15, -0.1) is 0 Å². The van der Waals surface area contributed by atoms with Crippen LogP contribution in [0.25, 0.3) is 11.0 Å². The Hall–Kier alpha value is -3.82. The summed E-state index contributed by atoms with van der Waals surface area (Å²) in [5, 5.41) is 11.7. The summed E-state index contributed by atoms with van der Waals surface area (Å²) in [6.07, 6.45) is 0.713. The van der Waals surface area contributed by atoms with Gasteiger partial charge in [0, 0.05) is 32.2 Å². The van der Waals surface area contributed by atoms with E-state index in [1.807, 2.05) is 24.3 Å². The van der Waals surface area contributed by atoms with Gasteiger partial charge in [-0.25, -0.2) is 4.98 Å². The number of rotatable bonds is 6. The molecule has 32 heavy (non-hydrogen) atoms. The second-order valence-electron chi connectivity index (χ2n) is 7.42. The highest BCUT2D eigenvalue weighted by Gasteiger charge is 2.29.